The van der Waals surface area contributed by atoms with Crippen LogP contribution in [0.5, 0.6) is 0 Å². The average molecular weight is 475 g/mol. The van der Waals surface area contributed by atoms with E-state index in [0.717, 1.165) is 101 Å². The zero-order chi connectivity index (χ0) is 24.2. The molecule has 192 valence electrons. The van der Waals surface area contributed by atoms with Crippen LogP contribution in [0.3, 0.4) is 0 Å². The molecule has 0 saturated carbocycles. The maximum atomic E-state index is 12.3. The Bertz CT molecular complexity index is 657. The van der Waals surface area contributed by atoms with Crippen LogP contribution in [-0.4, -0.2) is 47.7 Å². The minimum atomic E-state index is -0.124. The van der Waals surface area contributed by atoms with Crippen molar-refractivity contribution in [3.63, 3.8) is 0 Å². The van der Waals surface area contributed by atoms with Crippen LogP contribution in [0.4, 0.5) is 0 Å². The van der Waals surface area contributed by atoms with Gasteiger partial charge in [0.2, 0.25) is 0 Å². The average Bonchev–Trinajstić information content (AvgIpc) is 2.80. The predicted octanol–water partition coefficient (Wildman–Crippen LogP) is 6.53. The van der Waals surface area contributed by atoms with Crippen LogP contribution in [0, 0.1) is 0 Å². The Kier molecular flexibility index (Phi) is 11.6. The largest absolute Gasteiger partial charge is 0.456 e. The molecule has 6 aliphatic heterocycles. The van der Waals surface area contributed by atoms with Gasteiger partial charge in [-0.15, -0.1) is 0 Å². The van der Waals surface area contributed by atoms with Crippen molar-refractivity contribution in [3.8, 4) is 0 Å². The van der Waals surface area contributed by atoms with E-state index in [9.17, 15) is 9.59 Å². The Morgan fingerprint density at radius 1 is 0.529 bits per heavy atom. The zero-order valence-electron chi connectivity index (χ0n) is 21.6. The monoisotopic (exact) mass is 474 g/mol. The molecule has 0 aliphatic carbocycles. The van der Waals surface area contributed by atoms with Gasteiger partial charge in [-0.2, -0.15) is 0 Å². The van der Waals surface area contributed by atoms with Crippen molar-refractivity contribution in [3.05, 3.63) is 0 Å². The van der Waals surface area contributed by atoms with Gasteiger partial charge >= 0.3 is 11.9 Å². The lowest BCUT2D eigenvalue weighted by molar-refractivity contribution is -0.147. The number of esters is 2. The minimum Gasteiger partial charge on any atom is -0.456 e. The van der Waals surface area contributed by atoms with Crippen molar-refractivity contribution in [2.45, 2.75) is 154 Å². The highest BCUT2D eigenvalue weighted by Crippen LogP contribution is 2.24. The summed E-state index contributed by atoms with van der Waals surface area (Å²) in [6.45, 7) is 4.02. The Morgan fingerprint density at radius 3 is 1.32 bits per heavy atom. The van der Waals surface area contributed by atoms with Crippen molar-refractivity contribution >= 4 is 23.4 Å². The van der Waals surface area contributed by atoms with Crippen molar-refractivity contribution in [2.24, 2.45) is 9.98 Å². The summed E-state index contributed by atoms with van der Waals surface area (Å²) in [5.41, 5.74) is 1.97. The summed E-state index contributed by atoms with van der Waals surface area (Å²) in [5.74, 6) is -0.136. The van der Waals surface area contributed by atoms with Crippen molar-refractivity contribution in [2.75, 3.05) is 0 Å². The second-order valence-electron chi connectivity index (χ2n) is 10.6. The number of nitrogens with zero attached hydrogens (tertiary/aromatic N) is 2. The molecule has 34 heavy (non-hydrogen) atoms. The summed E-state index contributed by atoms with van der Waals surface area (Å²) in [6.07, 6.45) is 17.7. The minimum absolute atomic E-state index is 0.0679. The van der Waals surface area contributed by atoms with Gasteiger partial charge in [-0.25, -0.2) is 0 Å². The van der Waals surface area contributed by atoms with Crippen LogP contribution in [0.25, 0.3) is 0 Å². The predicted molar refractivity (Wildman–Crippen MR) is 137 cm³/mol. The molecule has 0 amide bonds. The van der Waals surface area contributed by atoms with Crippen LogP contribution in [0.2, 0.25) is 0 Å². The molecule has 6 heterocycles. The highest BCUT2D eigenvalue weighted by atomic mass is 16.5. The van der Waals surface area contributed by atoms with Crippen molar-refractivity contribution < 1.29 is 19.1 Å². The molecule has 0 unspecified atom stereocenters. The third kappa shape index (κ3) is 9.50. The van der Waals surface area contributed by atoms with Crippen LogP contribution in [0.15, 0.2) is 9.98 Å². The molecular weight excluding hydrogens is 428 g/mol. The van der Waals surface area contributed by atoms with Crippen LogP contribution >= 0.6 is 0 Å². The quantitative estimate of drug-likeness (QED) is 0.374. The van der Waals surface area contributed by atoms with E-state index in [4.69, 9.17) is 19.5 Å². The van der Waals surface area contributed by atoms with E-state index in [-0.39, 0.29) is 24.1 Å². The molecule has 0 aromatic heterocycles. The van der Waals surface area contributed by atoms with Crippen molar-refractivity contribution in [1.29, 1.82) is 0 Å². The van der Waals surface area contributed by atoms with Gasteiger partial charge in [-0.3, -0.25) is 19.6 Å². The topological polar surface area (TPSA) is 77.3 Å². The molecule has 4 bridgehead atoms. The van der Waals surface area contributed by atoms with E-state index in [1.54, 1.807) is 0 Å². The first-order valence-electron chi connectivity index (χ1n) is 14.0. The smallest absolute Gasteiger partial charge is 0.306 e. The summed E-state index contributed by atoms with van der Waals surface area (Å²) < 4.78 is 11.5. The van der Waals surface area contributed by atoms with Crippen LogP contribution in [0.1, 0.15) is 129 Å². The van der Waals surface area contributed by atoms with Gasteiger partial charge in [0.15, 0.2) is 0 Å². The molecule has 4 atom stereocenters. The molecule has 0 spiro atoms. The number of carbonyl (C=O) groups is 2. The Balaban J connectivity index is 1.48. The number of hydrogen-bond donors (Lipinski definition) is 0. The number of ether oxygens (including phenoxy) is 2. The fourth-order valence-electron chi connectivity index (χ4n) is 5.48. The zero-order valence-corrected chi connectivity index (χ0v) is 21.6. The summed E-state index contributed by atoms with van der Waals surface area (Å²) in [5, 5.41) is 0. The summed E-state index contributed by atoms with van der Waals surface area (Å²) in [7, 11) is 0. The fraction of sp³-hybridized carbons (Fsp3) is 0.857. The number of hydrogen-bond acceptors (Lipinski definition) is 6. The highest BCUT2D eigenvalue weighted by Gasteiger charge is 2.26. The maximum Gasteiger partial charge on any atom is 0.306 e. The van der Waals surface area contributed by atoms with E-state index in [1.807, 2.05) is 13.8 Å². The molecule has 1 fully saturated rings. The normalized spacial score (nSPS) is 31.8. The van der Waals surface area contributed by atoms with Gasteiger partial charge in [-0.1, -0.05) is 51.4 Å². The lowest BCUT2D eigenvalue weighted by atomic mass is 9.96. The number of aliphatic imine (C=N–C) groups is 2. The standard InChI is InChI=1S/C28H46N2O4/c1-21-25-19-17-23(29-21)13-9-5-3-8-12-16-28(32)34-26-20-18-24(30-22(26)2)14-10-6-4-7-11-15-27(31)33-25/h23-26H,3-20H2,1-2H3/t23-,24-,25+,26+/m1/s1. The molecule has 0 aromatic rings. The van der Waals surface area contributed by atoms with E-state index < -0.39 is 0 Å². The van der Waals surface area contributed by atoms with Crippen LogP contribution in [-0.2, 0) is 19.1 Å². The molecular formula is C28H46N2O4. The van der Waals surface area contributed by atoms with Crippen LogP contribution < -0.4 is 0 Å². The second-order valence-corrected chi connectivity index (χ2v) is 10.6. The fourth-order valence-corrected chi connectivity index (χ4v) is 5.48. The first kappa shape index (κ1) is 26.9. The van der Waals surface area contributed by atoms with Gasteiger partial charge in [0.05, 0.1) is 23.5 Å². The van der Waals surface area contributed by atoms with Gasteiger partial charge in [-0.05, 0) is 65.2 Å². The van der Waals surface area contributed by atoms with Gasteiger partial charge in [0.1, 0.15) is 12.2 Å². The molecule has 6 rings (SSSR count). The SMILES string of the molecule is CC1=N[C@@H]2CCCCCCCC(=O)O[C@H]3CC[C@@H](CCCCCCCC(=O)O[C@H]1CC2)N=C3C. The van der Waals surface area contributed by atoms with E-state index in [1.165, 1.54) is 12.8 Å². The lowest BCUT2D eigenvalue weighted by Gasteiger charge is -2.26. The number of carbonyl (C=O) groups excluding carboxylic acids is 2. The van der Waals surface area contributed by atoms with Crippen molar-refractivity contribution in [1.82, 2.24) is 0 Å². The Hall–Kier alpha value is -1.72. The third-order valence-electron chi connectivity index (χ3n) is 7.61. The second kappa shape index (κ2) is 14.6. The summed E-state index contributed by atoms with van der Waals surface area (Å²) >= 11 is 0. The maximum absolute atomic E-state index is 12.3. The first-order valence-corrected chi connectivity index (χ1v) is 14.0. The molecule has 0 N–H and O–H groups in total. The van der Waals surface area contributed by atoms with Gasteiger partial charge < -0.3 is 9.47 Å². The summed E-state index contributed by atoms with van der Waals surface area (Å²) in [4.78, 5) is 34.2. The molecule has 6 heteroatoms. The van der Waals surface area contributed by atoms with E-state index in [0.29, 0.717) is 24.9 Å². The summed E-state index contributed by atoms with van der Waals surface area (Å²) in [6, 6.07) is 0.729. The molecule has 6 nitrogen and oxygen atoms in total. The third-order valence-corrected chi connectivity index (χ3v) is 7.61. The lowest BCUT2D eigenvalue weighted by Crippen LogP contribution is -2.31. The molecule has 1 saturated heterocycles. The molecule has 0 aromatic carbocycles. The van der Waals surface area contributed by atoms with E-state index in [2.05, 4.69) is 0 Å². The van der Waals surface area contributed by atoms with Gasteiger partial charge in [0, 0.05) is 12.8 Å². The first-order chi connectivity index (χ1) is 16.5. The Morgan fingerprint density at radius 2 is 0.912 bits per heavy atom. The highest BCUT2D eigenvalue weighted by molar-refractivity contribution is 5.89. The number of rotatable bonds is 0. The van der Waals surface area contributed by atoms with E-state index >= 15 is 0 Å². The molecule has 0 radical (unpaired) electrons. The van der Waals surface area contributed by atoms with Gasteiger partial charge in [0.25, 0.3) is 0 Å². The Labute approximate surface area is 206 Å². The molecule has 6 aliphatic rings.